The second-order valence-corrected chi connectivity index (χ2v) is 8.81. The van der Waals surface area contributed by atoms with Crippen LogP contribution in [0.15, 0.2) is 48.8 Å². The van der Waals surface area contributed by atoms with Crippen molar-refractivity contribution in [3.63, 3.8) is 0 Å². The van der Waals surface area contributed by atoms with Gasteiger partial charge in [-0.2, -0.15) is 0 Å². The first kappa shape index (κ1) is 22.3. The summed E-state index contributed by atoms with van der Waals surface area (Å²) in [5.41, 5.74) is 2.43. The van der Waals surface area contributed by atoms with Crippen molar-refractivity contribution in [1.82, 2.24) is 15.2 Å². The van der Waals surface area contributed by atoms with Gasteiger partial charge >= 0.3 is 6.03 Å². The summed E-state index contributed by atoms with van der Waals surface area (Å²) in [5, 5.41) is 6.07. The molecular weight excluding hydrogens is 404 g/mol. The van der Waals surface area contributed by atoms with E-state index in [0.717, 1.165) is 37.8 Å². The zero-order chi connectivity index (χ0) is 22.4. The van der Waals surface area contributed by atoms with E-state index in [4.69, 9.17) is 4.74 Å². The molecule has 170 valence electrons. The Morgan fingerprint density at radius 1 is 1.22 bits per heavy atom. The minimum atomic E-state index is -0.194. The highest BCUT2D eigenvalue weighted by Gasteiger charge is 2.41. The van der Waals surface area contributed by atoms with Crippen LogP contribution in [0.2, 0.25) is 0 Å². The van der Waals surface area contributed by atoms with E-state index in [2.05, 4.69) is 28.6 Å². The average Bonchev–Trinajstić information content (AvgIpc) is 2.84. The van der Waals surface area contributed by atoms with Gasteiger partial charge in [0, 0.05) is 44.3 Å². The number of anilines is 1. The molecule has 2 aromatic rings. The number of rotatable bonds is 5. The van der Waals surface area contributed by atoms with E-state index in [1.54, 1.807) is 24.5 Å². The molecule has 0 saturated carbocycles. The number of ether oxygens (including phenoxy) is 1. The van der Waals surface area contributed by atoms with E-state index in [1.165, 1.54) is 5.56 Å². The van der Waals surface area contributed by atoms with Crippen molar-refractivity contribution in [2.24, 2.45) is 5.92 Å². The summed E-state index contributed by atoms with van der Waals surface area (Å²) in [4.78, 5) is 30.9. The van der Waals surface area contributed by atoms with Crippen LogP contribution in [0.5, 0.6) is 0 Å². The largest absolute Gasteiger partial charge is 0.375 e. The van der Waals surface area contributed by atoms with Crippen molar-refractivity contribution in [3.05, 3.63) is 59.9 Å². The maximum Gasteiger partial charge on any atom is 0.321 e. The molecule has 3 heterocycles. The number of benzene rings is 1. The highest BCUT2D eigenvalue weighted by atomic mass is 16.5. The first-order valence-corrected chi connectivity index (χ1v) is 11.5. The van der Waals surface area contributed by atoms with E-state index in [1.807, 2.05) is 23.1 Å². The predicted molar refractivity (Wildman–Crippen MR) is 124 cm³/mol. The Bertz CT molecular complexity index is 926. The number of amides is 3. The standard InChI is InChI=1S/C25H32N4O3/c1-2-19-5-3-7-22(15-19)28-24(31)29-12-9-25(10-13-29)16-20(8-14-32-25)17-27-23(30)21-6-4-11-26-18-21/h3-7,11,15,18,20H,2,8-10,12-14,16-17H2,1H3,(H,27,30)(H,28,31). The fraction of sp³-hybridized carbons (Fsp3) is 0.480. The van der Waals surface area contributed by atoms with Crippen molar-refractivity contribution in [1.29, 1.82) is 0 Å². The highest BCUT2D eigenvalue weighted by molar-refractivity contribution is 5.93. The maximum atomic E-state index is 12.7. The van der Waals surface area contributed by atoms with Gasteiger partial charge in [-0.3, -0.25) is 9.78 Å². The number of hydrogen-bond donors (Lipinski definition) is 2. The molecule has 0 radical (unpaired) electrons. The lowest BCUT2D eigenvalue weighted by Crippen LogP contribution is -2.52. The number of pyridine rings is 1. The van der Waals surface area contributed by atoms with E-state index < -0.39 is 0 Å². The summed E-state index contributed by atoms with van der Waals surface area (Å²) in [6.45, 7) is 4.79. The number of urea groups is 1. The van der Waals surface area contributed by atoms with Crippen LogP contribution in [0.1, 0.15) is 48.5 Å². The molecule has 1 aromatic heterocycles. The molecule has 2 saturated heterocycles. The van der Waals surface area contributed by atoms with Crippen LogP contribution in [0.3, 0.4) is 0 Å². The van der Waals surface area contributed by atoms with Gasteiger partial charge < -0.3 is 20.3 Å². The first-order valence-electron chi connectivity index (χ1n) is 11.5. The Morgan fingerprint density at radius 2 is 2.06 bits per heavy atom. The molecule has 4 rings (SSSR count). The normalized spacial score (nSPS) is 20.0. The number of carbonyl (C=O) groups is 2. The lowest BCUT2D eigenvalue weighted by molar-refractivity contribution is -0.122. The number of aryl methyl sites for hydroxylation is 1. The maximum absolute atomic E-state index is 12.7. The summed E-state index contributed by atoms with van der Waals surface area (Å²) in [6, 6.07) is 11.5. The van der Waals surface area contributed by atoms with Crippen molar-refractivity contribution < 1.29 is 14.3 Å². The molecule has 1 unspecified atom stereocenters. The number of nitrogens with zero attached hydrogens (tertiary/aromatic N) is 2. The second kappa shape index (κ2) is 10.1. The van der Waals surface area contributed by atoms with Gasteiger partial charge in [0.1, 0.15) is 0 Å². The Morgan fingerprint density at radius 3 is 2.81 bits per heavy atom. The minimum Gasteiger partial charge on any atom is -0.375 e. The highest BCUT2D eigenvalue weighted by Crippen LogP contribution is 2.37. The molecule has 3 amide bonds. The third-order valence-corrected chi connectivity index (χ3v) is 6.62. The first-order chi connectivity index (χ1) is 15.6. The average molecular weight is 437 g/mol. The monoisotopic (exact) mass is 436 g/mol. The molecule has 1 atom stereocenters. The third-order valence-electron chi connectivity index (χ3n) is 6.62. The minimum absolute atomic E-state index is 0.0517. The van der Waals surface area contributed by atoms with Gasteiger partial charge in [-0.05, 0) is 67.9 Å². The van der Waals surface area contributed by atoms with Crippen LogP contribution in [0, 0.1) is 5.92 Å². The van der Waals surface area contributed by atoms with Gasteiger partial charge in [0.25, 0.3) is 5.91 Å². The zero-order valence-electron chi connectivity index (χ0n) is 18.7. The van der Waals surface area contributed by atoms with Crippen LogP contribution in [-0.4, -0.2) is 53.7 Å². The van der Waals surface area contributed by atoms with Gasteiger partial charge in [0.15, 0.2) is 0 Å². The molecule has 2 aliphatic heterocycles. The number of aromatic nitrogens is 1. The number of piperidine rings is 1. The zero-order valence-corrected chi connectivity index (χ0v) is 18.7. The number of likely N-dealkylation sites (tertiary alicyclic amines) is 1. The van der Waals surface area contributed by atoms with Gasteiger partial charge in [-0.15, -0.1) is 0 Å². The van der Waals surface area contributed by atoms with E-state index in [-0.39, 0.29) is 17.5 Å². The van der Waals surface area contributed by atoms with E-state index >= 15 is 0 Å². The predicted octanol–water partition coefficient (Wildman–Crippen LogP) is 3.87. The molecule has 0 bridgehead atoms. The molecule has 2 fully saturated rings. The van der Waals surface area contributed by atoms with Crippen LogP contribution >= 0.6 is 0 Å². The summed E-state index contributed by atoms with van der Waals surface area (Å²) in [6.07, 6.45) is 7.68. The Labute approximate surface area is 189 Å². The third kappa shape index (κ3) is 5.46. The molecule has 7 nitrogen and oxygen atoms in total. The fourth-order valence-corrected chi connectivity index (χ4v) is 4.68. The van der Waals surface area contributed by atoms with Crippen LogP contribution in [-0.2, 0) is 11.2 Å². The van der Waals surface area contributed by atoms with Crippen LogP contribution in [0.25, 0.3) is 0 Å². The van der Waals surface area contributed by atoms with Gasteiger partial charge in [-0.25, -0.2) is 4.79 Å². The molecule has 2 aliphatic rings. The molecule has 7 heteroatoms. The summed E-state index contributed by atoms with van der Waals surface area (Å²) < 4.78 is 6.22. The summed E-state index contributed by atoms with van der Waals surface area (Å²) in [7, 11) is 0. The van der Waals surface area contributed by atoms with E-state index in [0.29, 0.717) is 37.7 Å². The lowest BCUT2D eigenvalue weighted by atomic mass is 9.79. The molecule has 2 N–H and O–H groups in total. The van der Waals surface area contributed by atoms with Gasteiger partial charge in [0.05, 0.1) is 11.2 Å². The summed E-state index contributed by atoms with van der Waals surface area (Å²) >= 11 is 0. The Hall–Kier alpha value is -2.93. The van der Waals surface area contributed by atoms with Gasteiger partial charge in [0.2, 0.25) is 0 Å². The number of carbonyl (C=O) groups excluding carboxylic acids is 2. The number of nitrogens with one attached hydrogen (secondary N) is 2. The Balaban J connectivity index is 1.26. The molecule has 1 aromatic carbocycles. The van der Waals surface area contributed by atoms with Crippen LogP contribution in [0.4, 0.5) is 10.5 Å². The molecule has 32 heavy (non-hydrogen) atoms. The molecular formula is C25H32N4O3. The topological polar surface area (TPSA) is 83.6 Å². The smallest absolute Gasteiger partial charge is 0.321 e. The van der Waals surface area contributed by atoms with Crippen molar-refractivity contribution in [2.45, 2.75) is 44.6 Å². The second-order valence-electron chi connectivity index (χ2n) is 8.81. The Kier molecular flexibility index (Phi) is 7.05. The van der Waals surface area contributed by atoms with E-state index in [9.17, 15) is 9.59 Å². The summed E-state index contributed by atoms with van der Waals surface area (Å²) in [5.74, 6) is 0.291. The van der Waals surface area contributed by atoms with Crippen molar-refractivity contribution in [2.75, 3.05) is 31.6 Å². The van der Waals surface area contributed by atoms with Gasteiger partial charge in [-0.1, -0.05) is 19.1 Å². The lowest BCUT2D eigenvalue weighted by Gasteiger charge is -2.46. The van der Waals surface area contributed by atoms with Crippen LogP contribution < -0.4 is 10.6 Å². The molecule has 1 spiro atoms. The van der Waals surface area contributed by atoms with Crippen molar-refractivity contribution >= 4 is 17.6 Å². The molecule has 0 aliphatic carbocycles. The number of hydrogen-bond acceptors (Lipinski definition) is 4. The SMILES string of the molecule is CCc1cccc(NC(=O)N2CCC3(CC2)CC(CNC(=O)c2cccnc2)CCO3)c1. The van der Waals surface area contributed by atoms with Crippen molar-refractivity contribution in [3.8, 4) is 0 Å². The fourth-order valence-electron chi connectivity index (χ4n) is 4.68. The quantitative estimate of drug-likeness (QED) is 0.745.